The van der Waals surface area contributed by atoms with E-state index in [1.54, 1.807) is 0 Å². The summed E-state index contributed by atoms with van der Waals surface area (Å²) in [7, 11) is 0. The number of likely N-dealkylation sites (tertiary alicyclic amines) is 1. The van der Waals surface area contributed by atoms with Crippen LogP contribution in [0, 0.1) is 23.7 Å². The fourth-order valence-electron chi connectivity index (χ4n) is 3.62. The molecule has 0 bridgehead atoms. The molecule has 0 aromatic carbocycles. The molecule has 1 saturated carbocycles. The van der Waals surface area contributed by atoms with Gasteiger partial charge in [-0.2, -0.15) is 0 Å². The van der Waals surface area contributed by atoms with Crippen LogP contribution in [0.25, 0.3) is 0 Å². The molecule has 0 radical (unpaired) electrons. The number of carbonyl (C=O) groups excluding carboxylic acids is 1. The molecule has 1 aliphatic heterocycles. The fourth-order valence-corrected chi connectivity index (χ4v) is 3.62. The molecule has 2 rings (SSSR count). The second-order valence-electron chi connectivity index (χ2n) is 6.46. The number of carbonyl (C=O) groups is 2. The van der Waals surface area contributed by atoms with Gasteiger partial charge in [0.1, 0.15) is 0 Å². The first kappa shape index (κ1) is 15.3. The highest BCUT2D eigenvalue weighted by Crippen LogP contribution is 2.44. The molecule has 2 aliphatic rings. The van der Waals surface area contributed by atoms with Gasteiger partial charge in [-0.05, 0) is 37.5 Å². The zero-order valence-electron chi connectivity index (χ0n) is 12.7. The van der Waals surface area contributed by atoms with Crippen LogP contribution in [0.3, 0.4) is 0 Å². The van der Waals surface area contributed by atoms with E-state index in [0.717, 1.165) is 38.5 Å². The second-order valence-corrected chi connectivity index (χ2v) is 6.46. The average Bonchev–Trinajstić information content (AvgIpc) is 3.16. The van der Waals surface area contributed by atoms with Gasteiger partial charge in [0, 0.05) is 19.0 Å². The SMILES string of the molecule is CCCC(CCC)C(=O)N1C[C@H](C(=O)O)[C@@H](C2CC2)C1. The van der Waals surface area contributed by atoms with E-state index in [2.05, 4.69) is 13.8 Å². The molecular weight excluding hydrogens is 254 g/mol. The summed E-state index contributed by atoms with van der Waals surface area (Å²) >= 11 is 0. The minimum absolute atomic E-state index is 0.0948. The van der Waals surface area contributed by atoms with E-state index < -0.39 is 5.97 Å². The summed E-state index contributed by atoms with van der Waals surface area (Å²) < 4.78 is 0. The summed E-state index contributed by atoms with van der Waals surface area (Å²) in [6.07, 6.45) is 6.16. The van der Waals surface area contributed by atoms with Crippen LogP contribution in [0.1, 0.15) is 52.4 Å². The summed E-state index contributed by atoms with van der Waals surface area (Å²) in [4.78, 5) is 25.9. The van der Waals surface area contributed by atoms with Crippen molar-refractivity contribution in [1.29, 1.82) is 0 Å². The predicted molar refractivity (Wildman–Crippen MR) is 77.2 cm³/mol. The summed E-state index contributed by atoms with van der Waals surface area (Å²) in [5.41, 5.74) is 0. The molecule has 1 aliphatic carbocycles. The maximum absolute atomic E-state index is 12.6. The van der Waals surface area contributed by atoms with E-state index in [9.17, 15) is 14.7 Å². The Morgan fingerprint density at radius 1 is 1.15 bits per heavy atom. The Morgan fingerprint density at radius 3 is 2.20 bits per heavy atom. The molecule has 1 heterocycles. The summed E-state index contributed by atoms with van der Waals surface area (Å²) in [6, 6.07) is 0. The molecule has 0 spiro atoms. The third-order valence-corrected chi connectivity index (χ3v) is 4.85. The Hall–Kier alpha value is -1.06. The van der Waals surface area contributed by atoms with Crippen LogP contribution in [-0.2, 0) is 9.59 Å². The Kier molecular flexibility index (Phi) is 5.06. The normalized spacial score (nSPS) is 26.2. The maximum Gasteiger partial charge on any atom is 0.308 e. The lowest BCUT2D eigenvalue weighted by atomic mass is 9.92. The molecule has 2 fully saturated rings. The van der Waals surface area contributed by atoms with Crippen LogP contribution < -0.4 is 0 Å². The third-order valence-electron chi connectivity index (χ3n) is 4.85. The summed E-state index contributed by atoms with van der Waals surface area (Å²) in [6.45, 7) is 5.31. The van der Waals surface area contributed by atoms with E-state index in [1.165, 1.54) is 0 Å². The van der Waals surface area contributed by atoms with Gasteiger partial charge in [0.15, 0.2) is 0 Å². The Bertz CT molecular complexity index is 359. The Balaban J connectivity index is 2.01. The van der Waals surface area contributed by atoms with Gasteiger partial charge >= 0.3 is 5.97 Å². The van der Waals surface area contributed by atoms with Gasteiger partial charge in [-0.1, -0.05) is 26.7 Å². The van der Waals surface area contributed by atoms with E-state index in [4.69, 9.17) is 0 Å². The number of rotatable bonds is 7. The molecule has 1 amide bonds. The second kappa shape index (κ2) is 6.59. The summed E-state index contributed by atoms with van der Waals surface area (Å²) in [5.74, 6) is -0.0272. The van der Waals surface area contributed by atoms with Crippen LogP contribution in [-0.4, -0.2) is 35.0 Å². The van der Waals surface area contributed by atoms with Crippen LogP contribution in [0.5, 0.6) is 0 Å². The highest BCUT2D eigenvalue weighted by molar-refractivity contribution is 5.81. The van der Waals surface area contributed by atoms with Gasteiger partial charge in [-0.3, -0.25) is 9.59 Å². The van der Waals surface area contributed by atoms with Gasteiger partial charge < -0.3 is 10.0 Å². The van der Waals surface area contributed by atoms with Gasteiger partial charge in [0.2, 0.25) is 5.91 Å². The zero-order valence-corrected chi connectivity index (χ0v) is 12.7. The largest absolute Gasteiger partial charge is 0.481 e. The molecular formula is C16H27NO3. The van der Waals surface area contributed by atoms with Gasteiger partial charge in [0.05, 0.1) is 5.92 Å². The third kappa shape index (κ3) is 3.33. The van der Waals surface area contributed by atoms with Crippen molar-refractivity contribution in [3.8, 4) is 0 Å². The fraction of sp³-hybridized carbons (Fsp3) is 0.875. The highest BCUT2D eigenvalue weighted by Gasteiger charge is 2.47. The van der Waals surface area contributed by atoms with Crippen molar-refractivity contribution in [3.63, 3.8) is 0 Å². The van der Waals surface area contributed by atoms with Crippen molar-refractivity contribution in [3.05, 3.63) is 0 Å². The van der Waals surface area contributed by atoms with Gasteiger partial charge in [-0.15, -0.1) is 0 Å². The molecule has 1 N–H and O–H groups in total. The molecule has 20 heavy (non-hydrogen) atoms. The number of aliphatic carboxylic acids is 1. The lowest BCUT2D eigenvalue weighted by Crippen LogP contribution is -2.35. The highest BCUT2D eigenvalue weighted by atomic mass is 16.4. The minimum atomic E-state index is -0.722. The molecule has 114 valence electrons. The average molecular weight is 281 g/mol. The van der Waals surface area contributed by atoms with Crippen LogP contribution in [0.4, 0.5) is 0 Å². The number of hydrogen-bond donors (Lipinski definition) is 1. The van der Waals surface area contributed by atoms with E-state index in [0.29, 0.717) is 19.0 Å². The molecule has 4 nitrogen and oxygen atoms in total. The first-order valence-electron chi connectivity index (χ1n) is 8.10. The first-order valence-corrected chi connectivity index (χ1v) is 8.10. The van der Waals surface area contributed by atoms with Gasteiger partial charge in [-0.25, -0.2) is 0 Å². The Morgan fingerprint density at radius 2 is 1.75 bits per heavy atom. The molecule has 2 atom stereocenters. The zero-order chi connectivity index (χ0) is 14.7. The molecule has 0 aromatic heterocycles. The molecule has 0 aromatic rings. The van der Waals surface area contributed by atoms with Gasteiger partial charge in [0.25, 0.3) is 0 Å². The van der Waals surface area contributed by atoms with Crippen LogP contribution in [0.15, 0.2) is 0 Å². The number of hydrogen-bond acceptors (Lipinski definition) is 2. The van der Waals surface area contributed by atoms with E-state index >= 15 is 0 Å². The topological polar surface area (TPSA) is 57.6 Å². The smallest absolute Gasteiger partial charge is 0.308 e. The minimum Gasteiger partial charge on any atom is -0.481 e. The van der Waals surface area contributed by atoms with Crippen molar-refractivity contribution in [1.82, 2.24) is 4.90 Å². The van der Waals surface area contributed by atoms with E-state index in [-0.39, 0.29) is 23.7 Å². The molecule has 1 saturated heterocycles. The van der Waals surface area contributed by atoms with Crippen molar-refractivity contribution < 1.29 is 14.7 Å². The van der Waals surface area contributed by atoms with Crippen molar-refractivity contribution in [2.45, 2.75) is 52.4 Å². The standard InChI is InChI=1S/C16H27NO3/c1-3-5-12(6-4-2)15(18)17-9-13(11-7-8-11)14(10-17)16(19)20/h11-14H,3-10H2,1-2H3,(H,19,20)/t13-,14+/m1/s1. The molecule has 4 heteroatoms. The van der Waals surface area contributed by atoms with Crippen LogP contribution in [0.2, 0.25) is 0 Å². The van der Waals surface area contributed by atoms with E-state index in [1.807, 2.05) is 4.90 Å². The van der Waals surface area contributed by atoms with Crippen LogP contribution >= 0.6 is 0 Å². The van der Waals surface area contributed by atoms with Crippen molar-refractivity contribution in [2.75, 3.05) is 13.1 Å². The first-order chi connectivity index (χ1) is 9.58. The van der Waals surface area contributed by atoms with Crippen molar-refractivity contribution in [2.24, 2.45) is 23.7 Å². The summed E-state index contributed by atoms with van der Waals surface area (Å²) in [5, 5.41) is 9.37. The van der Waals surface area contributed by atoms with Crippen molar-refractivity contribution >= 4 is 11.9 Å². The monoisotopic (exact) mass is 281 g/mol. The quantitative estimate of drug-likeness (QED) is 0.780. The molecule has 0 unspecified atom stereocenters. The predicted octanol–water partition coefficient (Wildman–Crippen LogP) is 2.77. The number of carboxylic acids is 1. The lowest BCUT2D eigenvalue weighted by Gasteiger charge is -2.23. The number of amides is 1. The lowest BCUT2D eigenvalue weighted by molar-refractivity contribution is -0.143. The Labute approximate surface area is 121 Å². The maximum atomic E-state index is 12.6. The number of nitrogens with zero attached hydrogens (tertiary/aromatic N) is 1. The number of carboxylic acid groups (broad SMARTS) is 1.